The van der Waals surface area contributed by atoms with Crippen molar-refractivity contribution >= 4 is 21.8 Å². The van der Waals surface area contributed by atoms with Crippen molar-refractivity contribution in [3.05, 3.63) is 28.2 Å². The van der Waals surface area contributed by atoms with E-state index in [0.29, 0.717) is 13.0 Å². The summed E-state index contributed by atoms with van der Waals surface area (Å²) < 4.78 is 6.51. The second kappa shape index (κ2) is 5.75. The van der Waals surface area contributed by atoms with Crippen molar-refractivity contribution in [1.82, 2.24) is 0 Å². The Balaban J connectivity index is 2.40. The van der Waals surface area contributed by atoms with Gasteiger partial charge in [0, 0.05) is 6.42 Å². The lowest BCUT2D eigenvalue weighted by Gasteiger charge is -2.08. The number of nitrogens with two attached hydrogens (primary N) is 1. The monoisotopic (exact) mass is 270 g/mol. The van der Waals surface area contributed by atoms with Crippen molar-refractivity contribution < 1.29 is 4.74 Å². The van der Waals surface area contributed by atoms with E-state index in [2.05, 4.69) is 15.9 Å². The van der Waals surface area contributed by atoms with Crippen LogP contribution in [0, 0.1) is 12.3 Å². The highest BCUT2D eigenvalue weighted by Crippen LogP contribution is 2.25. The van der Waals surface area contributed by atoms with E-state index in [9.17, 15) is 0 Å². The molecule has 82 valence electrons. The summed E-state index contributed by atoms with van der Waals surface area (Å²) in [6.07, 6.45) is 1.36. The molecule has 1 aromatic carbocycles. The number of ether oxygens (including phenoxy) is 1. The molecule has 3 nitrogen and oxygen atoms in total. The van der Waals surface area contributed by atoms with Gasteiger partial charge in [0.25, 0.3) is 0 Å². The molecule has 0 aliphatic carbocycles. The van der Waals surface area contributed by atoms with Gasteiger partial charge in [-0.2, -0.15) is 0 Å². The van der Waals surface area contributed by atoms with Gasteiger partial charge >= 0.3 is 0 Å². The topological polar surface area (TPSA) is 59.1 Å². The standard InChI is InChI=1S/C11H15BrN2O/c1-8-4-5-10(9(12)7-8)15-6-2-3-11(13)14/h4-5,7H,2-3,6H2,1H3,(H3,13,14). The van der Waals surface area contributed by atoms with Gasteiger partial charge in [-0.3, -0.25) is 5.41 Å². The van der Waals surface area contributed by atoms with Crippen molar-refractivity contribution in [2.24, 2.45) is 5.73 Å². The minimum atomic E-state index is 0.210. The number of benzene rings is 1. The Labute approximate surface area is 98.3 Å². The molecule has 0 atom stereocenters. The van der Waals surface area contributed by atoms with E-state index in [1.807, 2.05) is 25.1 Å². The van der Waals surface area contributed by atoms with Crippen molar-refractivity contribution in [3.8, 4) is 5.75 Å². The average Bonchev–Trinajstić information content (AvgIpc) is 2.14. The molecule has 0 fully saturated rings. The highest BCUT2D eigenvalue weighted by Gasteiger charge is 2.00. The minimum Gasteiger partial charge on any atom is -0.492 e. The predicted octanol–water partition coefficient (Wildman–Crippen LogP) is 2.85. The molecule has 3 N–H and O–H groups in total. The number of aryl methyl sites for hydroxylation is 1. The van der Waals surface area contributed by atoms with E-state index in [1.165, 1.54) is 5.56 Å². The van der Waals surface area contributed by atoms with Crippen LogP contribution in [-0.2, 0) is 0 Å². The fraction of sp³-hybridized carbons (Fsp3) is 0.364. The van der Waals surface area contributed by atoms with Gasteiger partial charge in [0.2, 0.25) is 0 Å². The van der Waals surface area contributed by atoms with Crippen molar-refractivity contribution in [3.63, 3.8) is 0 Å². The Bertz CT molecular complexity index is 352. The molecular weight excluding hydrogens is 256 g/mol. The molecule has 1 aromatic rings. The molecule has 0 heterocycles. The summed E-state index contributed by atoms with van der Waals surface area (Å²) >= 11 is 3.44. The second-order valence-corrected chi connectivity index (χ2v) is 4.27. The molecule has 4 heteroatoms. The van der Waals surface area contributed by atoms with Gasteiger partial charge in [-0.1, -0.05) is 6.07 Å². The Hall–Kier alpha value is -1.03. The number of hydrogen-bond acceptors (Lipinski definition) is 2. The maximum atomic E-state index is 7.06. The van der Waals surface area contributed by atoms with Crippen molar-refractivity contribution in [1.29, 1.82) is 5.41 Å². The molecule has 15 heavy (non-hydrogen) atoms. The van der Waals surface area contributed by atoms with Crippen molar-refractivity contribution in [2.45, 2.75) is 19.8 Å². The van der Waals surface area contributed by atoms with Crippen LogP contribution in [-0.4, -0.2) is 12.4 Å². The Morgan fingerprint density at radius 2 is 2.27 bits per heavy atom. The number of hydrogen-bond donors (Lipinski definition) is 2. The van der Waals surface area contributed by atoms with E-state index >= 15 is 0 Å². The van der Waals surface area contributed by atoms with Crippen LogP contribution in [0.2, 0.25) is 0 Å². The van der Waals surface area contributed by atoms with Gasteiger partial charge < -0.3 is 10.5 Å². The third-order valence-electron chi connectivity index (χ3n) is 1.94. The average molecular weight is 271 g/mol. The normalized spacial score (nSPS) is 10.0. The van der Waals surface area contributed by atoms with Gasteiger partial charge in [-0.25, -0.2) is 0 Å². The van der Waals surface area contributed by atoms with Crippen LogP contribution in [0.15, 0.2) is 22.7 Å². The summed E-state index contributed by atoms with van der Waals surface area (Å²) in [5.74, 6) is 1.05. The SMILES string of the molecule is Cc1ccc(OCCCC(=N)N)c(Br)c1. The first-order chi connectivity index (χ1) is 7.09. The minimum absolute atomic E-state index is 0.210. The van der Waals surface area contributed by atoms with Gasteiger partial charge in [-0.05, 0) is 47.0 Å². The number of rotatable bonds is 5. The molecule has 0 bridgehead atoms. The van der Waals surface area contributed by atoms with Crippen LogP contribution in [0.5, 0.6) is 5.75 Å². The quantitative estimate of drug-likeness (QED) is 0.491. The first kappa shape index (κ1) is 12.0. The van der Waals surface area contributed by atoms with Gasteiger partial charge in [-0.15, -0.1) is 0 Å². The van der Waals surface area contributed by atoms with E-state index in [1.54, 1.807) is 0 Å². The Kier molecular flexibility index (Phi) is 4.62. The number of halogens is 1. The summed E-state index contributed by atoms with van der Waals surface area (Å²) in [5, 5.41) is 7.06. The molecule has 0 spiro atoms. The summed E-state index contributed by atoms with van der Waals surface area (Å²) in [6, 6.07) is 5.96. The molecule has 0 aliphatic rings. The first-order valence-corrected chi connectivity index (χ1v) is 5.61. The molecule has 0 radical (unpaired) electrons. The molecule has 0 aromatic heterocycles. The fourth-order valence-electron chi connectivity index (χ4n) is 1.17. The lowest BCUT2D eigenvalue weighted by Crippen LogP contribution is -2.11. The van der Waals surface area contributed by atoms with E-state index < -0.39 is 0 Å². The molecule has 0 saturated carbocycles. The molecule has 0 amide bonds. The van der Waals surface area contributed by atoms with Crippen LogP contribution in [0.1, 0.15) is 18.4 Å². The van der Waals surface area contributed by atoms with Gasteiger partial charge in [0.1, 0.15) is 5.75 Å². The zero-order valence-electron chi connectivity index (χ0n) is 8.72. The molecule has 0 unspecified atom stereocenters. The molecule has 0 aliphatic heterocycles. The van der Waals surface area contributed by atoms with Crippen LogP contribution < -0.4 is 10.5 Å². The van der Waals surface area contributed by atoms with E-state index in [0.717, 1.165) is 16.6 Å². The maximum Gasteiger partial charge on any atom is 0.133 e. The van der Waals surface area contributed by atoms with Gasteiger partial charge in [0.15, 0.2) is 0 Å². The summed E-state index contributed by atoms with van der Waals surface area (Å²) in [7, 11) is 0. The fourth-order valence-corrected chi connectivity index (χ4v) is 1.78. The van der Waals surface area contributed by atoms with Crippen molar-refractivity contribution in [2.75, 3.05) is 6.61 Å². The Morgan fingerprint density at radius 1 is 1.53 bits per heavy atom. The van der Waals surface area contributed by atoms with Crippen LogP contribution in [0.3, 0.4) is 0 Å². The zero-order chi connectivity index (χ0) is 11.3. The summed E-state index contributed by atoms with van der Waals surface area (Å²) in [6.45, 7) is 2.62. The number of amidine groups is 1. The second-order valence-electron chi connectivity index (χ2n) is 3.41. The maximum absolute atomic E-state index is 7.06. The summed E-state index contributed by atoms with van der Waals surface area (Å²) in [4.78, 5) is 0. The Morgan fingerprint density at radius 3 is 2.87 bits per heavy atom. The van der Waals surface area contributed by atoms with Crippen LogP contribution in [0.25, 0.3) is 0 Å². The van der Waals surface area contributed by atoms with E-state index in [4.69, 9.17) is 15.9 Å². The lowest BCUT2D eigenvalue weighted by atomic mass is 10.2. The highest BCUT2D eigenvalue weighted by atomic mass is 79.9. The predicted molar refractivity (Wildman–Crippen MR) is 65.5 cm³/mol. The highest BCUT2D eigenvalue weighted by molar-refractivity contribution is 9.10. The van der Waals surface area contributed by atoms with Gasteiger partial charge in [0.05, 0.1) is 16.9 Å². The lowest BCUT2D eigenvalue weighted by molar-refractivity contribution is 0.311. The first-order valence-electron chi connectivity index (χ1n) is 4.81. The summed E-state index contributed by atoms with van der Waals surface area (Å²) in [5.41, 5.74) is 6.43. The van der Waals surface area contributed by atoms with Crippen LogP contribution in [0.4, 0.5) is 0 Å². The third kappa shape index (κ3) is 4.34. The molecule has 1 rings (SSSR count). The largest absolute Gasteiger partial charge is 0.492 e. The third-order valence-corrected chi connectivity index (χ3v) is 2.56. The molecule has 0 saturated heterocycles. The van der Waals surface area contributed by atoms with E-state index in [-0.39, 0.29) is 5.84 Å². The zero-order valence-corrected chi connectivity index (χ0v) is 10.3. The number of nitrogens with one attached hydrogen (secondary N) is 1. The van der Waals surface area contributed by atoms with Crippen LogP contribution >= 0.6 is 15.9 Å². The smallest absolute Gasteiger partial charge is 0.133 e. The molecular formula is C11H15BrN2O.